The summed E-state index contributed by atoms with van der Waals surface area (Å²) in [7, 11) is 1.88. The Bertz CT molecular complexity index is 386. The lowest BCUT2D eigenvalue weighted by Gasteiger charge is -2.10. The van der Waals surface area contributed by atoms with Crippen molar-refractivity contribution in [3.8, 4) is 0 Å². The highest BCUT2D eigenvalue weighted by Gasteiger charge is 2.15. The van der Waals surface area contributed by atoms with E-state index in [1.165, 1.54) is 0 Å². The quantitative estimate of drug-likeness (QED) is 0.588. The van der Waals surface area contributed by atoms with E-state index in [0.717, 1.165) is 5.69 Å². The maximum atomic E-state index is 11.4. The monoisotopic (exact) mass is 224 g/mol. The van der Waals surface area contributed by atoms with Crippen LogP contribution in [0.2, 0.25) is 0 Å². The third-order valence-corrected chi connectivity index (χ3v) is 2.25. The Morgan fingerprint density at radius 2 is 2.25 bits per heavy atom. The Balaban J connectivity index is 2.41. The van der Waals surface area contributed by atoms with Crippen LogP contribution in [0.15, 0.2) is 18.3 Å². The highest BCUT2D eigenvalue weighted by Crippen LogP contribution is 1.98. The van der Waals surface area contributed by atoms with Crippen molar-refractivity contribution in [1.29, 1.82) is 0 Å². The second kappa shape index (κ2) is 5.32. The van der Waals surface area contributed by atoms with E-state index in [0.29, 0.717) is 6.54 Å². The number of rotatable bonds is 5. The van der Waals surface area contributed by atoms with E-state index in [2.05, 4.69) is 5.32 Å². The number of nitrogens with zero attached hydrogens (tertiary/aromatic N) is 1. The summed E-state index contributed by atoms with van der Waals surface area (Å²) >= 11 is 0. The molecule has 0 saturated carbocycles. The molecule has 0 radical (unpaired) electrons. The maximum Gasteiger partial charge on any atom is 0.237 e. The number of aryl methyl sites for hydroxylation is 1. The summed E-state index contributed by atoms with van der Waals surface area (Å²) in [6.45, 7) is 0.384. The van der Waals surface area contributed by atoms with Gasteiger partial charge in [-0.05, 0) is 12.1 Å². The molecule has 0 spiro atoms. The molecular formula is C10H16N4O2. The van der Waals surface area contributed by atoms with Gasteiger partial charge in [0.05, 0.1) is 19.0 Å². The molecule has 0 fully saturated rings. The lowest BCUT2D eigenvalue weighted by molar-refractivity contribution is -0.126. The molecule has 1 aromatic rings. The SMILES string of the molecule is Cn1cccc1CNC(=O)C(N)CC(N)=O. The molecule has 0 aliphatic carbocycles. The van der Waals surface area contributed by atoms with Crippen LogP contribution < -0.4 is 16.8 Å². The third-order valence-electron chi connectivity index (χ3n) is 2.25. The van der Waals surface area contributed by atoms with Gasteiger partial charge in [-0.3, -0.25) is 9.59 Å². The van der Waals surface area contributed by atoms with E-state index >= 15 is 0 Å². The molecule has 16 heavy (non-hydrogen) atoms. The summed E-state index contributed by atoms with van der Waals surface area (Å²) in [6.07, 6.45) is 1.74. The van der Waals surface area contributed by atoms with Gasteiger partial charge in [0.25, 0.3) is 0 Å². The van der Waals surface area contributed by atoms with Crippen molar-refractivity contribution >= 4 is 11.8 Å². The van der Waals surface area contributed by atoms with E-state index in [1.807, 2.05) is 29.9 Å². The van der Waals surface area contributed by atoms with Crippen LogP contribution in [-0.4, -0.2) is 22.4 Å². The molecule has 2 amide bonds. The predicted molar refractivity (Wildman–Crippen MR) is 59.0 cm³/mol. The molecular weight excluding hydrogens is 208 g/mol. The Hall–Kier alpha value is -1.82. The van der Waals surface area contributed by atoms with Gasteiger partial charge in [0.2, 0.25) is 11.8 Å². The standard InChI is InChI=1S/C10H16N4O2/c1-14-4-2-3-7(14)6-13-10(16)8(11)5-9(12)15/h2-4,8H,5-6,11H2,1H3,(H2,12,15)(H,13,16). The molecule has 1 aromatic heterocycles. The van der Waals surface area contributed by atoms with Crippen LogP contribution in [0.5, 0.6) is 0 Å². The van der Waals surface area contributed by atoms with Crippen molar-refractivity contribution in [2.75, 3.05) is 0 Å². The van der Waals surface area contributed by atoms with Gasteiger partial charge < -0.3 is 21.4 Å². The van der Waals surface area contributed by atoms with Gasteiger partial charge in [0, 0.05) is 18.9 Å². The second-order valence-electron chi connectivity index (χ2n) is 3.61. The molecule has 1 heterocycles. The van der Waals surface area contributed by atoms with Gasteiger partial charge in [-0.1, -0.05) is 0 Å². The van der Waals surface area contributed by atoms with Crippen LogP contribution in [0.25, 0.3) is 0 Å². The van der Waals surface area contributed by atoms with Gasteiger partial charge >= 0.3 is 0 Å². The molecule has 1 unspecified atom stereocenters. The zero-order valence-corrected chi connectivity index (χ0v) is 9.14. The Labute approximate surface area is 93.6 Å². The fourth-order valence-electron chi connectivity index (χ4n) is 1.30. The molecule has 1 atom stereocenters. The number of amides is 2. The van der Waals surface area contributed by atoms with Gasteiger partial charge in [-0.2, -0.15) is 0 Å². The fourth-order valence-corrected chi connectivity index (χ4v) is 1.30. The lowest BCUT2D eigenvalue weighted by atomic mass is 10.2. The molecule has 0 aromatic carbocycles. The first-order valence-corrected chi connectivity index (χ1v) is 4.92. The summed E-state index contributed by atoms with van der Waals surface area (Å²) in [4.78, 5) is 22.0. The van der Waals surface area contributed by atoms with Crippen molar-refractivity contribution in [2.45, 2.75) is 19.0 Å². The molecule has 5 N–H and O–H groups in total. The van der Waals surface area contributed by atoms with E-state index < -0.39 is 11.9 Å². The van der Waals surface area contributed by atoms with Crippen LogP contribution in [0.3, 0.4) is 0 Å². The topological polar surface area (TPSA) is 103 Å². The Morgan fingerprint density at radius 1 is 1.56 bits per heavy atom. The summed E-state index contributed by atoms with van der Waals surface area (Å²) in [5.74, 6) is -0.957. The first-order chi connectivity index (χ1) is 7.50. The zero-order valence-electron chi connectivity index (χ0n) is 9.14. The number of primary amides is 1. The van der Waals surface area contributed by atoms with E-state index in [9.17, 15) is 9.59 Å². The molecule has 0 aliphatic heterocycles. The largest absolute Gasteiger partial charge is 0.370 e. The number of nitrogens with one attached hydrogen (secondary N) is 1. The van der Waals surface area contributed by atoms with Crippen LogP contribution >= 0.6 is 0 Å². The van der Waals surface area contributed by atoms with Crippen LogP contribution in [0.4, 0.5) is 0 Å². The number of aromatic nitrogens is 1. The molecule has 6 nitrogen and oxygen atoms in total. The molecule has 0 bridgehead atoms. The molecule has 6 heteroatoms. The third kappa shape index (κ3) is 3.39. The summed E-state index contributed by atoms with van der Waals surface area (Å²) in [5, 5.41) is 2.64. The minimum Gasteiger partial charge on any atom is -0.370 e. The van der Waals surface area contributed by atoms with Gasteiger partial charge in [-0.25, -0.2) is 0 Å². The van der Waals surface area contributed by atoms with Crippen molar-refractivity contribution in [1.82, 2.24) is 9.88 Å². The number of hydrogen-bond acceptors (Lipinski definition) is 3. The number of hydrogen-bond donors (Lipinski definition) is 3. The normalized spacial score (nSPS) is 12.1. The van der Waals surface area contributed by atoms with Crippen LogP contribution in [-0.2, 0) is 23.2 Å². The van der Waals surface area contributed by atoms with Crippen molar-refractivity contribution in [3.05, 3.63) is 24.0 Å². The minimum atomic E-state index is -0.877. The predicted octanol–water partition coefficient (Wildman–Crippen LogP) is -1.16. The van der Waals surface area contributed by atoms with Gasteiger partial charge in [-0.15, -0.1) is 0 Å². The van der Waals surface area contributed by atoms with E-state index in [4.69, 9.17) is 11.5 Å². The van der Waals surface area contributed by atoms with Crippen LogP contribution in [0, 0.1) is 0 Å². The second-order valence-corrected chi connectivity index (χ2v) is 3.61. The molecule has 1 rings (SSSR count). The Morgan fingerprint density at radius 3 is 2.75 bits per heavy atom. The maximum absolute atomic E-state index is 11.4. The first-order valence-electron chi connectivity index (χ1n) is 4.92. The average molecular weight is 224 g/mol. The molecule has 0 aliphatic rings. The van der Waals surface area contributed by atoms with E-state index in [1.54, 1.807) is 0 Å². The number of carbonyl (C=O) groups excluding carboxylic acids is 2. The summed E-state index contributed by atoms with van der Waals surface area (Å²) in [6, 6.07) is 2.89. The first kappa shape index (κ1) is 12.3. The molecule has 0 saturated heterocycles. The number of nitrogens with two attached hydrogens (primary N) is 2. The fraction of sp³-hybridized carbons (Fsp3) is 0.400. The van der Waals surface area contributed by atoms with Gasteiger partial charge in [0.15, 0.2) is 0 Å². The minimum absolute atomic E-state index is 0.140. The van der Waals surface area contributed by atoms with Crippen molar-refractivity contribution in [3.63, 3.8) is 0 Å². The van der Waals surface area contributed by atoms with Crippen molar-refractivity contribution < 1.29 is 9.59 Å². The smallest absolute Gasteiger partial charge is 0.237 e. The highest BCUT2D eigenvalue weighted by atomic mass is 16.2. The van der Waals surface area contributed by atoms with E-state index in [-0.39, 0.29) is 12.3 Å². The van der Waals surface area contributed by atoms with Crippen LogP contribution in [0.1, 0.15) is 12.1 Å². The highest BCUT2D eigenvalue weighted by molar-refractivity contribution is 5.87. The summed E-state index contributed by atoms with van der Waals surface area (Å²) in [5.41, 5.74) is 11.4. The Kier molecular flexibility index (Phi) is 4.07. The van der Waals surface area contributed by atoms with Crippen molar-refractivity contribution in [2.24, 2.45) is 18.5 Å². The molecule has 88 valence electrons. The summed E-state index contributed by atoms with van der Waals surface area (Å²) < 4.78 is 1.89. The van der Waals surface area contributed by atoms with Gasteiger partial charge in [0.1, 0.15) is 0 Å². The number of carbonyl (C=O) groups is 2. The zero-order chi connectivity index (χ0) is 12.1. The lowest BCUT2D eigenvalue weighted by Crippen LogP contribution is -2.42. The average Bonchev–Trinajstić information content (AvgIpc) is 2.59.